The van der Waals surface area contributed by atoms with Gasteiger partial charge in [-0.1, -0.05) is 71.8 Å². The number of rotatable bonds is 15. The fourth-order valence-electron chi connectivity index (χ4n) is 14.3. The SMILES string of the molecule is C=C(CC[C@@H](C)[C@H]1CC[C@@]2(C(=O)O)C3=C(CC[C@]12C)[C@@]1(C)CC[C@H](O[C@@H]2O[C@H](CO)[C@H](O)[C@H](O[C@@H]4OC[C@H](O)[C@H](O)[C@H]4O)[C@H]2O[C@@H]2O[C@H](CO)[C@@H](O)[C@H](O)[C@H]2NC(C)=O)C(C)(C)C1CC3)C(C)C. The van der Waals surface area contributed by atoms with Crippen molar-refractivity contribution in [2.45, 2.75) is 212 Å². The Morgan fingerprint density at radius 2 is 1.41 bits per heavy atom. The van der Waals surface area contributed by atoms with Gasteiger partial charge in [0.25, 0.3) is 0 Å². The van der Waals surface area contributed by atoms with E-state index in [1.807, 2.05) is 0 Å². The first-order valence-electron chi connectivity index (χ1n) is 25.0. The minimum Gasteiger partial charge on any atom is -0.481 e. The summed E-state index contributed by atoms with van der Waals surface area (Å²) in [4.78, 5) is 26.4. The molecule has 388 valence electrons. The van der Waals surface area contributed by atoms with Gasteiger partial charge in [-0.05, 0) is 104 Å². The summed E-state index contributed by atoms with van der Waals surface area (Å²) in [5, 5.41) is 100. The molecule has 18 nitrogen and oxygen atoms in total. The van der Waals surface area contributed by atoms with Crippen LogP contribution in [0.15, 0.2) is 23.3 Å². The summed E-state index contributed by atoms with van der Waals surface area (Å²) in [6.07, 6.45) is -13.8. The van der Waals surface area contributed by atoms with Crippen molar-refractivity contribution in [3.63, 3.8) is 0 Å². The first-order chi connectivity index (χ1) is 31.9. The maximum absolute atomic E-state index is 13.9. The summed E-state index contributed by atoms with van der Waals surface area (Å²) < 4.78 is 37.5. The van der Waals surface area contributed by atoms with E-state index in [2.05, 4.69) is 60.4 Å². The van der Waals surface area contributed by atoms with Gasteiger partial charge in [-0.15, -0.1) is 0 Å². The van der Waals surface area contributed by atoms with E-state index in [4.69, 9.17) is 28.4 Å². The van der Waals surface area contributed by atoms with Gasteiger partial charge >= 0.3 is 5.97 Å². The summed E-state index contributed by atoms with van der Waals surface area (Å²) in [6, 6.07) is -1.43. The number of aliphatic hydroxyl groups is 8. The van der Waals surface area contributed by atoms with Crippen LogP contribution >= 0.6 is 0 Å². The first-order valence-corrected chi connectivity index (χ1v) is 25.0. The number of aliphatic carboxylic acids is 1. The van der Waals surface area contributed by atoms with Gasteiger partial charge in [0.05, 0.1) is 31.3 Å². The summed E-state index contributed by atoms with van der Waals surface area (Å²) in [6.45, 7) is 19.0. The van der Waals surface area contributed by atoms with Crippen LogP contribution < -0.4 is 5.32 Å². The Morgan fingerprint density at radius 3 is 2.04 bits per heavy atom. The van der Waals surface area contributed by atoms with Gasteiger partial charge in [-0.25, -0.2) is 0 Å². The molecular formula is C50H81NO17. The number of carboxylic acid groups (broad SMARTS) is 1. The third-order valence-electron chi connectivity index (χ3n) is 18.4. The molecular weight excluding hydrogens is 887 g/mol. The lowest BCUT2D eigenvalue weighted by atomic mass is 9.43. The van der Waals surface area contributed by atoms with E-state index in [-0.39, 0.29) is 17.3 Å². The van der Waals surface area contributed by atoms with Crippen LogP contribution in [0.3, 0.4) is 0 Å². The van der Waals surface area contributed by atoms with Crippen molar-refractivity contribution in [3.8, 4) is 0 Å². The van der Waals surface area contributed by atoms with Gasteiger partial charge in [-0.3, -0.25) is 9.59 Å². The van der Waals surface area contributed by atoms with Crippen molar-refractivity contribution in [2.75, 3.05) is 19.8 Å². The smallest absolute Gasteiger partial charge is 0.314 e. The maximum Gasteiger partial charge on any atom is 0.314 e. The zero-order valence-electron chi connectivity index (χ0n) is 41.2. The summed E-state index contributed by atoms with van der Waals surface area (Å²) in [5.41, 5.74) is 1.25. The number of amides is 1. The molecule has 3 aliphatic heterocycles. The number of fused-ring (bicyclic) bond motifs is 4. The Kier molecular flexibility index (Phi) is 16.1. The minimum absolute atomic E-state index is 0.0154. The molecule has 3 heterocycles. The van der Waals surface area contributed by atoms with E-state index in [1.54, 1.807) is 0 Å². The van der Waals surface area contributed by atoms with Gasteiger partial charge < -0.3 is 79.7 Å². The highest BCUT2D eigenvalue weighted by molar-refractivity contribution is 5.82. The van der Waals surface area contributed by atoms with E-state index < -0.39 is 140 Å². The number of carboxylic acids is 1. The number of nitrogens with one attached hydrogen (secondary N) is 1. The molecule has 5 fully saturated rings. The Balaban J connectivity index is 1.20. The second kappa shape index (κ2) is 20.4. The standard InChI is InChI=1S/C50H81NO17/c1-23(2)24(3)10-11-25(4)27-15-19-50(46(61)62)29-12-13-33-47(6,7)34(16-17-48(33,8)28(29)14-18-49(27,50)9)66-45-42(68-43-35(51-26(5)54)39(59)37(57)31(20-52)64-43)41(38(58)32(21-53)65-45)67-44-40(60)36(56)30(55)22-63-44/h23,25,27,30-45,52-53,55-60H,3,10-22H2,1-2,4-9H3,(H,51,54)(H,61,62)/t25-,27-,30+,31-,32-,33?,34+,35-,36+,37-,38+,39-,40-,41+,42-,43+,44+,45+,48-,49-,50+/m1/s1. The highest BCUT2D eigenvalue weighted by atomic mass is 16.8. The molecule has 68 heavy (non-hydrogen) atoms. The van der Waals surface area contributed by atoms with E-state index in [9.17, 15) is 55.5 Å². The normalized spacial score (nSPS) is 46.3. The highest BCUT2D eigenvalue weighted by Crippen LogP contribution is 2.73. The number of carbonyl (C=O) groups excluding carboxylic acids is 1. The fourth-order valence-corrected chi connectivity index (χ4v) is 14.3. The maximum atomic E-state index is 13.9. The Bertz CT molecular complexity index is 1860. The Hall–Kier alpha value is -2.14. The number of ether oxygens (including phenoxy) is 6. The number of hydrogen-bond acceptors (Lipinski definition) is 16. The van der Waals surface area contributed by atoms with Gasteiger partial charge in [0, 0.05) is 6.92 Å². The van der Waals surface area contributed by atoms with Crippen LogP contribution in [0.5, 0.6) is 0 Å². The molecule has 7 rings (SSSR count). The second-order valence-electron chi connectivity index (χ2n) is 22.7. The van der Waals surface area contributed by atoms with Crippen molar-refractivity contribution < 1.29 is 84.0 Å². The lowest BCUT2D eigenvalue weighted by Gasteiger charge is -2.62. The number of allylic oxidation sites excluding steroid dienone is 2. The molecule has 0 spiro atoms. The topological polar surface area (TPSA) is 284 Å². The molecule has 7 aliphatic rings. The average Bonchev–Trinajstić information content (AvgIpc) is 3.61. The fraction of sp³-hybridized carbons (Fsp3) is 0.880. The van der Waals surface area contributed by atoms with E-state index in [0.29, 0.717) is 43.9 Å². The molecule has 18 heteroatoms. The summed E-state index contributed by atoms with van der Waals surface area (Å²) in [5.74, 6) is -0.318. The molecule has 0 aromatic rings. The molecule has 3 saturated heterocycles. The zero-order valence-corrected chi connectivity index (χ0v) is 41.2. The van der Waals surface area contributed by atoms with Crippen molar-refractivity contribution >= 4 is 11.9 Å². The third-order valence-corrected chi connectivity index (χ3v) is 18.4. The van der Waals surface area contributed by atoms with Crippen LogP contribution in [0.4, 0.5) is 0 Å². The molecule has 1 unspecified atom stereocenters. The van der Waals surface area contributed by atoms with E-state index >= 15 is 0 Å². The van der Waals surface area contributed by atoms with Gasteiger partial charge in [0.1, 0.15) is 67.1 Å². The number of carbonyl (C=O) groups is 2. The number of hydrogen-bond donors (Lipinski definition) is 10. The van der Waals surface area contributed by atoms with Crippen LogP contribution in [-0.2, 0) is 38.0 Å². The predicted molar refractivity (Wildman–Crippen MR) is 243 cm³/mol. The van der Waals surface area contributed by atoms with Crippen LogP contribution in [0, 0.1) is 45.3 Å². The molecule has 1 amide bonds. The predicted octanol–water partition coefficient (Wildman–Crippen LogP) is 2.05. The van der Waals surface area contributed by atoms with Crippen molar-refractivity contribution in [1.29, 1.82) is 0 Å². The zero-order chi connectivity index (χ0) is 50.0. The van der Waals surface area contributed by atoms with Crippen molar-refractivity contribution in [2.24, 2.45) is 45.3 Å². The quantitative estimate of drug-likeness (QED) is 0.105. The summed E-state index contributed by atoms with van der Waals surface area (Å²) in [7, 11) is 0. The molecule has 0 aromatic heterocycles. The molecule has 0 bridgehead atoms. The van der Waals surface area contributed by atoms with Crippen molar-refractivity contribution in [3.05, 3.63) is 23.3 Å². The van der Waals surface area contributed by atoms with Crippen LogP contribution in [-0.4, -0.2) is 170 Å². The summed E-state index contributed by atoms with van der Waals surface area (Å²) >= 11 is 0. The van der Waals surface area contributed by atoms with Gasteiger partial charge in [0.2, 0.25) is 5.91 Å². The molecule has 10 N–H and O–H groups in total. The molecule has 4 aliphatic carbocycles. The minimum atomic E-state index is -1.80. The van der Waals surface area contributed by atoms with Crippen LogP contribution in [0.1, 0.15) is 120 Å². The van der Waals surface area contributed by atoms with Gasteiger partial charge in [0.15, 0.2) is 18.9 Å². The average molecular weight is 968 g/mol. The monoisotopic (exact) mass is 968 g/mol. The van der Waals surface area contributed by atoms with E-state index in [1.165, 1.54) is 18.1 Å². The van der Waals surface area contributed by atoms with Crippen molar-refractivity contribution in [1.82, 2.24) is 5.32 Å². The largest absolute Gasteiger partial charge is 0.481 e. The third kappa shape index (κ3) is 9.17. The molecule has 0 radical (unpaired) electrons. The lowest BCUT2D eigenvalue weighted by Crippen LogP contribution is -2.69. The molecule has 2 saturated carbocycles. The van der Waals surface area contributed by atoms with Crippen LogP contribution in [0.25, 0.3) is 0 Å². The number of aliphatic hydroxyl groups excluding tert-OH is 8. The van der Waals surface area contributed by atoms with Crippen LogP contribution in [0.2, 0.25) is 0 Å². The molecule has 0 aromatic carbocycles. The second-order valence-corrected chi connectivity index (χ2v) is 22.7. The Labute approximate surface area is 400 Å². The lowest BCUT2D eigenvalue weighted by molar-refractivity contribution is -0.389. The van der Waals surface area contributed by atoms with Gasteiger partial charge in [-0.2, -0.15) is 0 Å². The highest BCUT2D eigenvalue weighted by Gasteiger charge is 2.69. The Morgan fingerprint density at radius 1 is 0.765 bits per heavy atom. The van der Waals surface area contributed by atoms with E-state index in [0.717, 1.165) is 37.7 Å². The molecule has 21 atom stereocenters. The first kappa shape index (κ1) is 53.7.